The Bertz CT molecular complexity index is 358. The summed E-state index contributed by atoms with van der Waals surface area (Å²) in [7, 11) is 0. The highest BCUT2D eigenvalue weighted by Gasteiger charge is 2.54. The van der Waals surface area contributed by atoms with Crippen LogP contribution in [0.1, 0.15) is 0 Å². The number of benzene rings is 1. The molecule has 1 aromatic rings. The first-order chi connectivity index (χ1) is 7.14. The summed E-state index contributed by atoms with van der Waals surface area (Å²) in [6, 6.07) is 3.33. The molecule has 0 spiro atoms. The van der Waals surface area contributed by atoms with Crippen molar-refractivity contribution >= 4 is 5.69 Å². The largest absolute Gasteiger partial charge is 0.506 e. The van der Waals surface area contributed by atoms with Crippen LogP contribution in [0.15, 0.2) is 24.3 Å². The highest BCUT2D eigenvalue weighted by molar-refractivity contribution is 5.58. The third-order valence-corrected chi connectivity index (χ3v) is 1.63. The van der Waals surface area contributed by atoms with Gasteiger partial charge in [-0.1, -0.05) is 12.1 Å². The lowest BCUT2D eigenvalue weighted by Crippen LogP contribution is -2.48. The predicted molar refractivity (Wildman–Crippen MR) is 42.7 cm³/mol. The van der Waals surface area contributed by atoms with Crippen molar-refractivity contribution in [3.8, 4) is 5.75 Å². The molecule has 0 aliphatic heterocycles. The number of phenols is 1. The van der Waals surface area contributed by atoms with E-state index >= 15 is 0 Å². The number of hydrogen-bond acceptors (Lipinski definition) is 2. The van der Waals surface area contributed by atoms with Crippen LogP contribution in [0, 0.1) is 0 Å². The fourth-order valence-corrected chi connectivity index (χ4v) is 1.07. The number of halogens is 6. The minimum absolute atomic E-state index is 0.524. The summed E-state index contributed by atoms with van der Waals surface area (Å²) in [5.74, 6) is -1.10. The Morgan fingerprint density at radius 3 is 1.69 bits per heavy atom. The molecule has 0 fully saturated rings. The predicted octanol–water partition coefficient (Wildman–Crippen LogP) is 3.24. The van der Waals surface area contributed by atoms with E-state index in [0.29, 0.717) is 6.07 Å². The monoisotopic (exact) mass is 245 g/mol. The second-order valence-corrected chi connectivity index (χ2v) is 2.76. The van der Waals surface area contributed by atoms with Gasteiger partial charge in [-0.05, 0) is 12.1 Å². The molecule has 0 unspecified atom stereocenters. The number of hydrogen-bond donors (Lipinski definition) is 1. The van der Waals surface area contributed by atoms with E-state index in [1.165, 1.54) is 0 Å². The number of nitrogens with zero attached hydrogens (tertiary/aromatic N) is 1. The summed E-state index contributed by atoms with van der Waals surface area (Å²) < 4.78 is 73.1. The highest BCUT2D eigenvalue weighted by atomic mass is 19.4. The van der Waals surface area contributed by atoms with Gasteiger partial charge in [0.1, 0.15) is 5.75 Å². The van der Waals surface area contributed by atoms with Crippen molar-refractivity contribution in [2.24, 2.45) is 0 Å². The van der Waals surface area contributed by atoms with Crippen LogP contribution in [-0.4, -0.2) is 17.7 Å². The summed E-state index contributed by atoms with van der Waals surface area (Å²) in [5, 5.41) is 8.97. The van der Waals surface area contributed by atoms with Crippen molar-refractivity contribution in [1.82, 2.24) is 0 Å². The molecule has 0 saturated carbocycles. The number of rotatable bonds is 1. The normalized spacial score (nSPS) is 12.6. The minimum Gasteiger partial charge on any atom is -0.506 e. The maximum atomic E-state index is 12.2. The van der Waals surface area contributed by atoms with Crippen LogP contribution in [0.3, 0.4) is 0 Å². The van der Waals surface area contributed by atoms with Crippen molar-refractivity contribution < 1.29 is 31.4 Å². The lowest BCUT2D eigenvalue weighted by Gasteiger charge is -2.28. The van der Waals surface area contributed by atoms with Gasteiger partial charge in [-0.25, -0.2) is 0 Å². The molecular weight excluding hydrogens is 240 g/mol. The Morgan fingerprint density at radius 1 is 0.875 bits per heavy atom. The average Bonchev–Trinajstić information content (AvgIpc) is 2.03. The molecule has 0 atom stereocenters. The fourth-order valence-electron chi connectivity index (χ4n) is 1.07. The van der Waals surface area contributed by atoms with E-state index in [0.717, 1.165) is 18.2 Å². The quantitative estimate of drug-likeness (QED) is 0.606. The standard InChI is InChI=1S/C8H5F6NO/c9-7(10,11)15(8(12,13)14)5-3-1-2-4-6(5)16/h1-4,16H. The SMILES string of the molecule is Oc1ccccc1N(C(F)(F)F)C(F)(F)F. The minimum atomic E-state index is -5.66. The molecule has 16 heavy (non-hydrogen) atoms. The Morgan fingerprint density at radius 2 is 1.31 bits per heavy atom. The molecule has 1 aromatic carbocycles. The Hall–Kier alpha value is -1.60. The van der Waals surface area contributed by atoms with Crippen LogP contribution in [0.4, 0.5) is 32.0 Å². The summed E-state index contributed by atoms with van der Waals surface area (Å²) in [4.78, 5) is -1.75. The van der Waals surface area contributed by atoms with E-state index < -0.39 is 28.9 Å². The molecule has 0 saturated heterocycles. The van der Waals surface area contributed by atoms with Gasteiger partial charge >= 0.3 is 12.6 Å². The maximum absolute atomic E-state index is 12.2. The second-order valence-electron chi connectivity index (χ2n) is 2.76. The van der Waals surface area contributed by atoms with Gasteiger partial charge < -0.3 is 5.11 Å². The van der Waals surface area contributed by atoms with Crippen molar-refractivity contribution in [1.29, 1.82) is 0 Å². The summed E-state index contributed by atoms with van der Waals surface area (Å²) >= 11 is 0. The molecule has 1 rings (SSSR count). The smallest absolute Gasteiger partial charge is 0.491 e. The molecule has 1 N–H and O–H groups in total. The lowest BCUT2D eigenvalue weighted by atomic mass is 10.3. The zero-order valence-electron chi connectivity index (χ0n) is 7.47. The third kappa shape index (κ3) is 2.50. The van der Waals surface area contributed by atoms with E-state index in [1.807, 2.05) is 0 Å². The highest BCUT2D eigenvalue weighted by Crippen LogP contribution is 2.41. The summed E-state index contributed by atoms with van der Waals surface area (Å²) in [5.41, 5.74) is -1.36. The van der Waals surface area contributed by atoms with Gasteiger partial charge in [-0.3, -0.25) is 0 Å². The molecule has 0 bridgehead atoms. The summed E-state index contributed by atoms with van der Waals surface area (Å²) in [6.07, 6.45) is -11.3. The number of aromatic hydroxyl groups is 1. The van der Waals surface area contributed by atoms with Crippen LogP contribution in [-0.2, 0) is 0 Å². The maximum Gasteiger partial charge on any atom is 0.491 e. The van der Waals surface area contributed by atoms with E-state index in [2.05, 4.69) is 0 Å². The Balaban J connectivity index is 3.29. The average molecular weight is 245 g/mol. The van der Waals surface area contributed by atoms with E-state index in [9.17, 15) is 26.3 Å². The van der Waals surface area contributed by atoms with Crippen LogP contribution < -0.4 is 4.90 Å². The lowest BCUT2D eigenvalue weighted by molar-refractivity contribution is -0.227. The first-order valence-electron chi connectivity index (χ1n) is 3.86. The van der Waals surface area contributed by atoms with Gasteiger partial charge in [-0.15, -0.1) is 26.3 Å². The molecule has 0 radical (unpaired) electrons. The first kappa shape index (κ1) is 12.5. The van der Waals surface area contributed by atoms with Gasteiger partial charge in [0.15, 0.2) is 0 Å². The van der Waals surface area contributed by atoms with Crippen molar-refractivity contribution in [2.75, 3.05) is 4.90 Å². The van der Waals surface area contributed by atoms with Crippen molar-refractivity contribution in [3.05, 3.63) is 24.3 Å². The van der Waals surface area contributed by atoms with E-state index in [4.69, 9.17) is 5.11 Å². The van der Waals surface area contributed by atoms with Crippen LogP contribution in [0.2, 0.25) is 0 Å². The molecule has 0 aliphatic carbocycles. The van der Waals surface area contributed by atoms with Crippen LogP contribution in [0.25, 0.3) is 0 Å². The van der Waals surface area contributed by atoms with Crippen molar-refractivity contribution in [3.63, 3.8) is 0 Å². The molecule has 0 aliphatic rings. The third-order valence-electron chi connectivity index (χ3n) is 1.63. The molecular formula is C8H5F6NO. The molecule has 2 nitrogen and oxygen atoms in total. The molecule has 0 aromatic heterocycles. The molecule has 90 valence electrons. The fraction of sp³-hybridized carbons (Fsp3) is 0.250. The number of para-hydroxylation sites is 2. The number of phenolic OH excluding ortho intramolecular Hbond substituents is 1. The summed E-state index contributed by atoms with van der Waals surface area (Å²) in [6.45, 7) is 0. The van der Waals surface area contributed by atoms with Gasteiger partial charge in [0, 0.05) is 0 Å². The molecule has 0 heterocycles. The van der Waals surface area contributed by atoms with Gasteiger partial charge in [0.2, 0.25) is 0 Å². The number of anilines is 1. The van der Waals surface area contributed by atoms with Crippen molar-refractivity contribution in [2.45, 2.75) is 12.6 Å². The Kier molecular flexibility index (Phi) is 2.93. The van der Waals surface area contributed by atoms with Gasteiger partial charge in [0.25, 0.3) is 0 Å². The molecule has 0 amide bonds. The molecule has 8 heteroatoms. The van der Waals surface area contributed by atoms with E-state index in [1.54, 1.807) is 0 Å². The van der Waals surface area contributed by atoms with Crippen LogP contribution in [0.5, 0.6) is 5.75 Å². The second kappa shape index (κ2) is 3.76. The zero-order chi connectivity index (χ0) is 12.6. The van der Waals surface area contributed by atoms with Gasteiger partial charge in [0.05, 0.1) is 5.69 Å². The zero-order valence-corrected chi connectivity index (χ0v) is 7.47. The first-order valence-corrected chi connectivity index (χ1v) is 3.86. The number of alkyl halides is 6. The van der Waals surface area contributed by atoms with Crippen LogP contribution >= 0.6 is 0 Å². The van der Waals surface area contributed by atoms with E-state index in [-0.39, 0.29) is 0 Å². The topological polar surface area (TPSA) is 23.5 Å². The van der Waals surface area contributed by atoms with Gasteiger partial charge in [-0.2, -0.15) is 4.90 Å². The Labute approximate surface area is 85.7 Å².